The van der Waals surface area contributed by atoms with Gasteiger partial charge in [-0.1, -0.05) is 36.4 Å². The average molecular weight is 393 g/mol. The number of hydrogen-bond donors (Lipinski definition) is 2. The molecule has 1 saturated heterocycles. The monoisotopic (exact) mass is 392 g/mol. The summed E-state index contributed by atoms with van der Waals surface area (Å²) in [7, 11) is 0. The first kappa shape index (κ1) is 21.5. The number of nitrogens with zero attached hydrogens (tertiary/aromatic N) is 1. The van der Waals surface area contributed by atoms with Crippen LogP contribution in [0.3, 0.4) is 0 Å². The fourth-order valence-electron chi connectivity index (χ4n) is 3.28. The third kappa shape index (κ3) is 5.84. The van der Waals surface area contributed by atoms with E-state index in [4.69, 9.17) is 9.47 Å². The number of hydrogen-bond acceptors (Lipinski definition) is 5. The number of ether oxygens (including phenoxy) is 2. The van der Waals surface area contributed by atoms with Crippen molar-refractivity contribution in [3.8, 4) is 11.5 Å². The molecule has 2 aromatic rings. The van der Waals surface area contributed by atoms with Crippen molar-refractivity contribution in [1.82, 2.24) is 10.2 Å². The second-order valence-corrected chi connectivity index (χ2v) is 6.40. The van der Waals surface area contributed by atoms with E-state index in [1.807, 2.05) is 55.5 Å². The molecule has 1 fully saturated rings. The Bertz CT molecular complexity index is 678. The van der Waals surface area contributed by atoms with Crippen LogP contribution in [0.15, 0.2) is 48.5 Å². The van der Waals surface area contributed by atoms with Gasteiger partial charge in [-0.25, -0.2) is 0 Å². The highest BCUT2D eigenvalue weighted by Gasteiger charge is 2.22. The van der Waals surface area contributed by atoms with Crippen LogP contribution in [0.1, 0.15) is 24.1 Å². The highest BCUT2D eigenvalue weighted by Crippen LogP contribution is 2.33. The van der Waals surface area contributed by atoms with Crippen LogP contribution in [0.4, 0.5) is 0 Å². The number of aliphatic hydroxyl groups excluding tert-OH is 1. The summed E-state index contributed by atoms with van der Waals surface area (Å²) < 4.78 is 11.8. The molecular formula is C21H29ClN2O3. The van der Waals surface area contributed by atoms with Crippen molar-refractivity contribution in [1.29, 1.82) is 0 Å². The zero-order valence-corrected chi connectivity index (χ0v) is 16.6. The fraction of sp³-hybridized carbons (Fsp3) is 0.429. The first-order valence-corrected chi connectivity index (χ1v) is 9.31. The maximum absolute atomic E-state index is 9.94. The lowest BCUT2D eigenvalue weighted by molar-refractivity contribution is 0.110. The molecule has 148 valence electrons. The Morgan fingerprint density at radius 1 is 1.04 bits per heavy atom. The summed E-state index contributed by atoms with van der Waals surface area (Å²) in [6.07, 6.45) is 0. The van der Waals surface area contributed by atoms with Crippen LogP contribution in [0.2, 0.25) is 0 Å². The molecule has 0 unspecified atom stereocenters. The molecule has 5 nitrogen and oxygen atoms in total. The molecule has 1 aliphatic rings. The molecule has 2 N–H and O–H groups in total. The summed E-state index contributed by atoms with van der Waals surface area (Å²) in [4.78, 5) is 2.31. The number of piperazine rings is 1. The minimum absolute atomic E-state index is 0. The topological polar surface area (TPSA) is 54.0 Å². The molecule has 0 radical (unpaired) electrons. The summed E-state index contributed by atoms with van der Waals surface area (Å²) in [5.74, 6) is 1.46. The van der Waals surface area contributed by atoms with E-state index in [1.54, 1.807) is 0 Å². The lowest BCUT2D eigenvalue weighted by atomic mass is 10.0. The van der Waals surface area contributed by atoms with E-state index in [2.05, 4.69) is 10.2 Å². The maximum atomic E-state index is 9.94. The van der Waals surface area contributed by atoms with Gasteiger partial charge >= 0.3 is 0 Å². The van der Waals surface area contributed by atoms with Crippen molar-refractivity contribution in [2.75, 3.05) is 39.4 Å². The van der Waals surface area contributed by atoms with E-state index in [1.165, 1.54) is 0 Å². The van der Waals surface area contributed by atoms with Crippen molar-refractivity contribution in [2.45, 2.75) is 19.6 Å². The molecule has 0 bridgehead atoms. The van der Waals surface area contributed by atoms with Crippen molar-refractivity contribution >= 4 is 12.4 Å². The first-order chi connectivity index (χ1) is 12.8. The number of rotatable bonds is 8. The SMILES string of the molecule is CCOc1cc([C@H](CO)N2CCNCC2)ccc1OCc1ccccc1.Cl. The Morgan fingerprint density at radius 3 is 2.44 bits per heavy atom. The Hall–Kier alpha value is -1.79. The normalized spacial score (nSPS) is 15.6. The molecule has 6 heteroatoms. The van der Waals surface area contributed by atoms with Gasteiger partial charge < -0.3 is 19.9 Å². The standard InChI is InChI=1S/C21H28N2O3.ClH/c1-2-25-21-14-18(19(15-24)23-12-10-22-11-13-23)8-9-20(21)26-16-17-6-4-3-5-7-17;/h3-9,14,19,22,24H,2,10-13,15-16H2,1H3;1H/t19-;/m0./s1. The molecule has 27 heavy (non-hydrogen) atoms. The minimum Gasteiger partial charge on any atom is -0.490 e. The lowest BCUT2D eigenvalue weighted by Gasteiger charge is -2.34. The van der Waals surface area contributed by atoms with Crippen LogP contribution in [-0.4, -0.2) is 49.4 Å². The summed E-state index contributed by atoms with van der Waals surface area (Å²) >= 11 is 0. The molecule has 2 aromatic carbocycles. The van der Waals surface area contributed by atoms with E-state index in [9.17, 15) is 5.11 Å². The zero-order valence-electron chi connectivity index (χ0n) is 15.8. The minimum atomic E-state index is -0.0144. The third-order valence-corrected chi connectivity index (χ3v) is 4.65. The second kappa shape index (κ2) is 11.1. The Kier molecular flexibility index (Phi) is 8.88. The van der Waals surface area contributed by atoms with Crippen molar-refractivity contribution in [3.63, 3.8) is 0 Å². The first-order valence-electron chi connectivity index (χ1n) is 9.31. The number of aliphatic hydroxyl groups is 1. The molecule has 1 aliphatic heterocycles. The van der Waals surface area contributed by atoms with Crippen LogP contribution >= 0.6 is 12.4 Å². The van der Waals surface area contributed by atoms with E-state index in [0.29, 0.717) is 13.2 Å². The average Bonchev–Trinajstić information content (AvgIpc) is 2.70. The predicted octanol–water partition coefficient (Wildman–Crippen LogP) is 3.02. The summed E-state index contributed by atoms with van der Waals surface area (Å²) in [5, 5.41) is 13.3. The molecule has 0 amide bonds. The molecule has 0 saturated carbocycles. The van der Waals surface area contributed by atoms with Crippen LogP contribution in [0, 0.1) is 0 Å². The largest absolute Gasteiger partial charge is 0.490 e. The van der Waals surface area contributed by atoms with E-state index in [-0.39, 0.29) is 25.1 Å². The van der Waals surface area contributed by atoms with Gasteiger partial charge in [0.15, 0.2) is 11.5 Å². The Balaban J connectivity index is 0.00000261. The zero-order chi connectivity index (χ0) is 18.2. The number of nitrogens with one attached hydrogen (secondary N) is 1. The Labute approximate surface area is 167 Å². The van der Waals surface area contributed by atoms with E-state index >= 15 is 0 Å². The third-order valence-electron chi connectivity index (χ3n) is 4.65. The van der Waals surface area contributed by atoms with Gasteiger partial charge in [-0.2, -0.15) is 0 Å². The van der Waals surface area contributed by atoms with Crippen molar-refractivity contribution in [3.05, 3.63) is 59.7 Å². The second-order valence-electron chi connectivity index (χ2n) is 6.40. The smallest absolute Gasteiger partial charge is 0.161 e. The van der Waals surface area contributed by atoms with Crippen LogP contribution in [0.25, 0.3) is 0 Å². The van der Waals surface area contributed by atoms with Gasteiger partial charge in [0.05, 0.1) is 19.3 Å². The maximum Gasteiger partial charge on any atom is 0.161 e. The van der Waals surface area contributed by atoms with E-state index in [0.717, 1.165) is 48.8 Å². The van der Waals surface area contributed by atoms with Gasteiger partial charge in [0.25, 0.3) is 0 Å². The summed E-state index contributed by atoms with van der Waals surface area (Å²) in [6, 6.07) is 16.1. The molecule has 1 heterocycles. The molecule has 0 spiro atoms. The van der Waals surface area contributed by atoms with Gasteiger partial charge in [0.1, 0.15) is 6.61 Å². The van der Waals surface area contributed by atoms with Crippen molar-refractivity contribution < 1.29 is 14.6 Å². The quantitative estimate of drug-likeness (QED) is 0.723. The molecule has 3 rings (SSSR count). The van der Waals surface area contributed by atoms with Crippen LogP contribution in [-0.2, 0) is 6.61 Å². The highest BCUT2D eigenvalue weighted by molar-refractivity contribution is 5.85. The Morgan fingerprint density at radius 2 is 1.78 bits per heavy atom. The van der Waals surface area contributed by atoms with Crippen LogP contribution < -0.4 is 14.8 Å². The molecule has 0 aliphatic carbocycles. The highest BCUT2D eigenvalue weighted by atomic mass is 35.5. The molecule has 0 aromatic heterocycles. The van der Waals surface area contributed by atoms with Gasteiger partial charge in [-0.15, -0.1) is 12.4 Å². The van der Waals surface area contributed by atoms with E-state index < -0.39 is 0 Å². The van der Waals surface area contributed by atoms with Crippen LogP contribution in [0.5, 0.6) is 11.5 Å². The fourth-order valence-corrected chi connectivity index (χ4v) is 3.28. The molecule has 1 atom stereocenters. The predicted molar refractivity (Wildman–Crippen MR) is 110 cm³/mol. The van der Waals surface area contributed by atoms with Crippen molar-refractivity contribution in [2.24, 2.45) is 0 Å². The summed E-state index contributed by atoms with van der Waals surface area (Å²) in [5.41, 5.74) is 2.18. The van der Waals surface area contributed by atoms with Gasteiger partial charge in [0, 0.05) is 26.2 Å². The lowest BCUT2D eigenvalue weighted by Crippen LogP contribution is -2.46. The van der Waals surface area contributed by atoms with Gasteiger partial charge in [-0.3, -0.25) is 4.90 Å². The number of benzene rings is 2. The number of halogens is 1. The molecular weight excluding hydrogens is 364 g/mol. The van der Waals surface area contributed by atoms with Gasteiger partial charge in [-0.05, 0) is 30.2 Å². The van der Waals surface area contributed by atoms with Gasteiger partial charge in [0.2, 0.25) is 0 Å². The summed E-state index contributed by atoms with van der Waals surface area (Å²) in [6.45, 7) is 6.90.